The monoisotopic (exact) mass is 356 g/mol. The minimum Gasteiger partial charge on any atom is -0.307 e. The van der Waals surface area contributed by atoms with Gasteiger partial charge >= 0.3 is 0 Å². The van der Waals surface area contributed by atoms with Crippen LogP contribution in [0.25, 0.3) is 0 Å². The van der Waals surface area contributed by atoms with E-state index in [1.807, 2.05) is 6.07 Å². The molecule has 0 saturated heterocycles. The topological polar surface area (TPSA) is 57.3 Å². The highest BCUT2D eigenvalue weighted by Gasteiger charge is 2.46. The second kappa shape index (κ2) is 6.44. The van der Waals surface area contributed by atoms with Gasteiger partial charge in [0.15, 0.2) is 6.20 Å². The highest BCUT2D eigenvalue weighted by molar-refractivity contribution is 7.09. The number of benzene rings is 1. The molecule has 0 fully saturated rings. The molecule has 0 aliphatic carbocycles. The predicted molar refractivity (Wildman–Crippen MR) is 88.6 cm³/mol. The number of aromatic nitrogens is 2. The van der Waals surface area contributed by atoms with Gasteiger partial charge in [-0.1, -0.05) is 12.1 Å². The zero-order valence-electron chi connectivity index (χ0n) is 13.1. The Morgan fingerprint density at radius 1 is 1.24 bits per heavy atom. The van der Waals surface area contributed by atoms with Crippen LogP contribution < -0.4 is 4.57 Å². The molecule has 1 aromatic carbocycles. The standard InChI is InChI=1S/C18H15FN3O2S/c19-13-6-4-12(5-7-13)17-18(23)15-3-1-2-8-21(15)16(22(17)24)9-14-10-20-11-25-14/h1-8,10-11,16-17,24H,9H2/q+1. The second-order valence-electron chi connectivity index (χ2n) is 5.84. The lowest BCUT2D eigenvalue weighted by atomic mass is 9.96. The normalized spacial score (nSPS) is 20.5. The zero-order chi connectivity index (χ0) is 17.4. The number of nitrogens with zero attached hydrogens (tertiary/aromatic N) is 3. The molecule has 3 heterocycles. The lowest BCUT2D eigenvalue weighted by Crippen LogP contribution is -2.59. The molecular weight excluding hydrogens is 341 g/mol. The summed E-state index contributed by atoms with van der Waals surface area (Å²) in [5, 5.41) is 11.9. The van der Waals surface area contributed by atoms with Crippen LogP contribution in [-0.2, 0) is 6.42 Å². The Morgan fingerprint density at radius 3 is 2.76 bits per heavy atom. The van der Waals surface area contributed by atoms with Crippen LogP contribution in [0, 0.1) is 5.82 Å². The summed E-state index contributed by atoms with van der Waals surface area (Å²) in [6.45, 7) is 0. The van der Waals surface area contributed by atoms with Gasteiger partial charge in [0.05, 0.1) is 11.9 Å². The summed E-state index contributed by atoms with van der Waals surface area (Å²) < 4.78 is 15.0. The number of carbonyl (C=O) groups excluding carboxylic acids is 1. The van der Waals surface area contributed by atoms with E-state index in [2.05, 4.69) is 4.98 Å². The van der Waals surface area contributed by atoms with E-state index in [0.29, 0.717) is 17.7 Å². The number of Topliss-reactive ketones (excluding diaryl/α,β-unsaturated/α-hetero) is 1. The Bertz CT molecular complexity index is 899. The van der Waals surface area contributed by atoms with E-state index in [4.69, 9.17) is 0 Å². The maximum absolute atomic E-state index is 13.2. The summed E-state index contributed by atoms with van der Waals surface area (Å²) in [5.74, 6) is -0.609. The SMILES string of the molecule is O=C1c2cccc[n+]2C(Cc2cncs2)N(O)C1c1ccc(F)cc1. The summed E-state index contributed by atoms with van der Waals surface area (Å²) in [6.07, 6.45) is 3.59. The van der Waals surface area contributed by atoms with E-state index in [0.717, 1.165) is 9.94 Å². The van der Waals surface area contributed by atoms with E-state index in [9.17, 15) is 14.4 Å². The smallest absolute Gasteiger partial charge is 0.252 e. The maximum atomic E-state index is 13.2. The number of hydrogen-bond donors (Lipinski definition) is 1. The van der Waals surface area contributed by atoms with Crippen molar-refractivity contribution in [1.82, 2.24) is 10.0 Å². The summed E-state index contributed by atoms with van der Waals surface area (Å²) in [5.41, 5.74) is 2.80. The third-order valence-corrected chi connectivity index (χ3v) is 5.14. The second-order valence-corrected chi connectivity index (χ2v) is 6.81. The van der Waals surface area contributed by atoms with Crippen LogP contribution in [0.4, 0.5) is 4.39 Å². The van der Waals surface area contributed by atoms with Crippen LogP contribution in [0.15, 0.2) is 60.4 Å². The molecule has 0 radical (unpaired) electrons. The number of thiazole rings is 1. The van der Waals surface area contributed by atoms with Crippen molar-refractivity contribution >= 4 is 17.1 Å². The Hall–Kier alpha value is -2.48. The Balaban J connectivity index is 1.79. The highest BCUT2D eigenvalue weighted by Crippen LogP contribution is 2.32. The predicted octanol–water partition coefficient (Wildman–Crippen LogP) is 2.94. The lowest BCUT2D eigenvalue weighted by Gasteiger charge is -2.32. The Morgan fingerprint density at radius 2 is 2.04 bits per heavy atom. The largest absolute Gasteiger partial charge is 0.307 e. The van der Waals surface area contributed by atoms with Gasteiger partial charge in [0.2, 0.25) is 6.17 Å². The molecule has 1 aliphatic heterocycles. The number of rotatable bonds is 3. The van der Waals surface area contributed by atoms with Gasteiger partial charge in [0.25, 0.3) is 11.5 Å². The fourth-order valence-corrected chi connectivity index (χ4v) is 3.77. The maximum Gasteiger partial charge on any atom is 0.252 e. The van der Waals surface area contributed by atoms with E-state index in [-0.39, 0.29) is 11.6 Å². The van der Waals surface area contributed by atoms with Crippen LogP contribution in [0.2, 0.25) is 0 Å². The molecule has 2 aromatic heterocycles. The quantitative estimate of drug-likeness (QED) is 0.733. The zero-order valence-corrected chi connectivity index (χ0v) is 13.9. The van der Waals surface area contributed by atoms with E-state index in [1.54, 1.807) is 34.6 Å². The van der Waals surface area contributed by atoms with Crippen LogP contribution in [0.3, 0.4) is 0 Å². The number of pyridine rings is 1. The van der Waals surface area contributed by atoms with Crippen LogP contribution >= 0.6 is 11.3 Å². The summed E-state index contributed by atoms with van der Waals surface area (Å²) in [4.78, 5) is 18.0. The van der Waals surface area contributed by atoms with Crippen molar-refractivity contribution in [2.24, 2.45) is 0 Å². The molecule has 2 unspecified atom stereocenters. The lowest BCUT2D eigenvalue weighted by molar-refractivity contribution is -0.764. The molecule has 7 heteroatoms. The average Bonchev–Trinajstić information content (AvgIpc) is 3.14. The van der Waals surface area contributed by atoms with E-state index >= 15 is 0 Å². The van der Waals surface area contributed by atoms with Gasteiger partial charge in [0, 0.05) is 23.2 Å². The first-order valence-electron chi connectivity index (χ1n) is 7.79. The van der Waals surface area contributed by atoms with Gasteiger partial charge in [-0.3, -0.25) is 9.78 Å². The number of carbonyl (C=O) groups is 1. The van der Waals surface area contributed by atoms with Crippen LogP contribution in [-0.4, -0.2) is 21.0 Å². The summed E-state index contributed by atoms with van der Waals surface area (Å²) in [7, 11) is 0. The molecule has 4 rings (SSSR count). The molecule has 0 amide bonds. The van der Waals surface area contributed by atoms with Crippen LogP contribution in [0.5, 0.6) is 0 Å². The molecule has 0 spiro atoms. The molecule has 25 heavy (non-hydrogen) atoms. The minimum atomic E-state index is -0.874. The van der Waals surface area contributed by atoms with E-state index in [1.165, 1.54) is 35.6 Å². The third kappa shape index (κ3) is 2.86. The van der Waals surface area contributed by atoms with Gasteiger partial charge in [-0.15, -0.1) is 16.4 Å². The Labute approximate surface area is 147 Å². The first kappa shape index (κ1) is 16.0. The molecule has 1 N–H and O–H groups in total. The number of hydroxylamine groups is 2. The fourth-order valence-electron chi connectivity index (χ4n) is 3.15. The van der Waals surface area contributed by atoms with Crippen molar-refractivity contribution < 1.29 is 19.0 Å². The number of fused-ring (bicyclic) bond motifs is 1. The molecule has 0 saturated carbocycles. The summed E-state index contributed by atoms with van der Waals surface area (Å²) in [6, 6.07) is 10.1. The van der Waals surface area contributed by atoms with Crippen molar-refractivity contribution in [3.05, 3.63) is 82.3 Å². The van der Waals surface area contributed by atoms with Gasteiger partial charge < -0.3 is 5.21 Å². The van der Waals surface area contributed by atoms with Gasteiger partial charge in [-0.2, -0.15) is 4.57 Å². The van der Waals surface area contributed by atoms with Crippen molar-refractivity contribution in [1.29, 1.82) is 0 Å². The minimum absolute atomic E-state index is 0.227. The van der Waals surface area contributed by atoms with Crippen molar-refractivity contribution in [3.8, 4) is 0 Å². The van der Waals surface area contributed by atoms with Crippen LogP contribution in [0.1, 0.15) is 33.1 Å². The molecule has 126 valence electrons. The fraction of sp³-hybridized carbons (Fsp3) is 0.167. The van der Waals surface area contributed by atoms with Gasteiger partial charge in [0.1, 0.15) is 11.9 Å². The van der Waals surface area contributed by atoms with E-state index < -0.39 is 12.2 Å². The van der Waals surface area contributed by atoms with Crippen molar-refractivity contribution in [2.45, 2.75) is 18.6 Å². The van der Waals surface area contributed by atoms with Gasteiger partial charge in [-0.05, 0) is 23.8 Å². The average molecular weight is 356 g/mol. The third-order valence-electron chi connectivity index (χ3n) is 4.33. The molecule has 2 atom stereocenters. The first-order valence-corrected chi connectivity index (χ1v) is 8.67. The molecule has 0 bridgehead atoms. The number of hydrogen-bond acceptors (Lipinski definition) is 5. The number of halogens is 1. The first-order chi connectivity index (χ1) is 12.1. The number of ketones is 1. The molecular formula is C18H15FN3O2S+. The van der Waals surface area contributed by atoms with Crippen molar-refractivity contribution in [2.75, 3.05) is 0 Å². The van der Waals surface area contributed by atoms with Gasteiger partial charge in [-0.25, -0.2) is 4.39 Å². The summed E-state index contributed by atoms with van der Waals surface area (Å²) >= 11 is 1.50. The Kier molecular flexibility index (Phi) is 4.12. The molecule has 3 aromatic rings. The highest BCUT2D eigenvalue weighted by atomic mass is 32.1. The molecule has 5 nitrogen and oxygen atoms in total. The van der Waals surface area contributed by atoms with Crippen molar-refractivity contribution in [3.63, 3.8) is 0 Å². The molecule has 1 aliphatic rings.